The smallest absolute Gasteiger partial charge is 0.150 e. The number of aromatic nitrogens is 1. The van der Waals surface area contributed by atoms with Gasteiger partial charge in [-0.1, -0.05) is 22.9 Å². The van der Waals surface area contributed by atoms with Gasteiger partial charge in [0.15, 0.2) is 0 Å². The van der Waals surface area contributed by atoms with E-state index in [0.717, 1.165) is 46.6 Å². The van der Waals surface area contributed by atoms with Crippen LogP contribution in [0.25, 0.3) is 0 Å². The quantitative estimate of drug-likeness (QED) is 0.792. The third kappa shape index (κ3) is 4.05. The normalized spacial score (nSPS) is 10.6. The third-order valence-corrected chi connectivity index (χ3v) is 3.46. The number of pyridine rings is 1. The van der Waals surface area contributed by atoms with Crippen LogP contribution in [0.2, 0.25) is 0 Å². The van der Waals surface area contributed by atoms with Gasteiger partial charge >= 0.3 is 0 Å². The SMILES string of the molecule is CCCNCc1ccncc1Oc1ccc(Br)cc1C. The molecule has 0 unspecified atom stereocenters. The van der Waals surface area contributed by atoms with E-state index in [4.69, 9.17) is 4.74 Å². The topological polar surface area (TPSA) is 34.2 Å². The summed E-state index contributed by atoms with van der Waals surface area (Å²) >= 11 is 3.46. The van der Waals surface area contributed by atoms with Gasteiger partial charge in [-0.25, -0.2) is 0 Å². The van der Waals surface area contributed by atoms with Crippen molar-refractivity contribution in [1.82, 2.24) is 10.3 Å². The Morgan fingerprint density at radius 1 is 1.25 bits per heavy atom. The second-order valence-electron chi connectivity index (χ2n) is 4.67. The average molecular weight is 335 g/mol. The van der Waals surface area contributed by atoms with E-state index < -0.39 is 0 Å². The predicted octanol–water partition coefficient (Wildman–Crippen LogP) is 4.44. The number of nitrogens with one attached hydrogen (secondary N) is 1. The Morgan fingerprint density at radius 2 is 2.10 bits per heavy atom. The van der Waals surface area contributed by atoms with Crippen LogP contribution >= 0.6 is 15.9 Å². The van der Waals surface area contributed by atoms with Crippen LogP contribution < -0.4 is 10.1 Å². The molecule has 0 aliphatic carbocycles. The molecule has 106 valence electrons. The van der Waals surface area contributed by atoms with Crippen molar-refractivity contribution in [3.8, 4) is 11.5 Å². The van der Waals surface area contributed by atoms with Gasteiger partial charge in [-0.2, -0.15) is 0 Å². The summed E-state index contributed by atoms with van der Waals surface area (Å²) in [4.78, 5) is 4.15. The average Bonchev–Trinajstić information content (AvgIpc) is 2.44. The Kier molecular flexibility index (Phi) is 5.56. The summed E-state index contributed by atoms with van der Waals surface area (Å²) in [5, 5.41) is 3.39. The van der Waals surface area contributed by atoms with Gasteiger partial charge in [0.2, 0.25) is 0 Å². The van der Waals surface area contributed by atoms with Crippen LogP contribution in [0.1, 0.15) is 24.5 Å². The van der Waals surface area contributed by atoms with Gasteiger partial charge in [0.1, 0.15) is 11.5 Å². The van der Waals surface area contributed by atoms with E-state index in [2.05, 4.69) is 33.2 Å². The molecule has 1 heterocycles. The first-order valence-electron chi connectivity index (χ1n) is 6.78. The number of hydrogen-bond acceptors (Lipinski definition) is 3. The number of ether oxygens (including phenoxy) is 1. The summed E-state index contributed by atoms with van der Waals surface area (Å²) in [5.74, 6) is 1.67. The van der Waals surface area contributed by atoms with Crippen LogP contribution in [0.5, 0.6) is 11.5 Å². The molecule has 0 atom stereocenters. The molecule has 0 spiro atoms. The highest BCUT2D eigenvalue weighted by molar-refractivity contribution is 9.10. The molecular weight excluding hydrogens is 316 g/mol. The van der Waals surface area contributed by atoms with Crippen molar-refractivity contribution in [1.29, 1.82) is 0 Å². The fourth-order valence-electron chi connectivity index (χ4n) is 1.89. The fourth-order valence-corrected chi connectivity index (χ4v) is 2.37. The van der Waals surface area contributed by atoms with E-state index in [1.807, 2.05) is 31.2 Å². The van der Waals surface area contributed by atoms with Crippen LogP contribution in [0, 0.1) is 6.92 Å². The number of nitrogens with zero attached hydrogens (tertiary/aromatic N) is 1. The molecular formula is C16H19BrN2O. The first-order chi connectivity index (χ1) is 9.70. The standard InChI is InChI=1S/C16H19BrN2O/c1-3-7-18-10-13-6-8-19-11-16(13)20-15-5-4-14(17)9-12(15)2/h4-6,8-9,11,18H,3,7,10H2,1-2H3. The maximum atomic E-state index is 6.00. The lowest BCUT2D eigenvalue weighted by molar-refractivity contribution is 0.466. The first kappa shape index (κ1) is 15.0. The summed E-state index contributed by atoms with van der Waals surface area (Å²) in [7, 11) is 0. The molecule has 2 rings (SSSR count). The number of hydrogen-bond donors (Lipinski definition) is 1. The fraction of sp³-hybridized carbons (Fsp3) is 0.312. The zero-order chi connectivity index (χ0) is 14.4. The van der Waals surface area contributed by atoms with Crippen LogP contribution in [0.4, 0.5) is 0 Å². The van der Waals surface area contributed by atoms with E-state index in [1.165, 1.54) is 0 Å². The molecule has 1 N–H and O–H groups in total. The summed E-state index contributed by atoms with van der Waals surface area (Å²) in [5.41, 5.74) is 2.21. The van der Waals surface area contributed by atoms with Gasteiger partial charge in [-0.05, 0) is 49.7 Å². The molecule has 20 heavy (non-hydrogen) atoms. The lowest BCUT2D eigenvalue weighted by Crippen LogP contribution is -2.14. The summed E-state index contributed by atoms with van der Waals surface area (Å²) < 4.78 is 7.06. The molecule has 0 amide bonds. The Balaban J connectivity index is 2.16. The lowest BCUT2D eigenvalue weighted by atomic mass is 10.2. The molecule has 2 aromatic rings. The van der Waals surface area contributed by atoms with E-state index >= 15 is 0 Å². The van der Waals surface area contributed by atoms with E-state index in [-0.39, 0.29) is 0 Å². The molecule has 1 aromatic carbocycles. The second kappa shape index (κ2) is 7.41. The number of benzene rings is 1. The highest BCUT2D eigenvalue weighted by Gasteiger charge is 2.07. The maximum Gasteiger partial charge on any atom is 0.150 e. The molecule has 3 nitrogen and oxygen atoms in total. The molecule has 0 aliphatic rings. The predicted molar refractivity (Wildman–Crippen MR) is 85.2 cm³/mol. The van der Waals surface area contributed by atoms with Gasteiger partial charge in [0, 0.05) is 22.8 Å². The van der Waals surface area contributed by atoms with E-state index in [0.29, 0.717) is 0 Å². The van der Waals surface area contributed by atoms with E-state index in [9.17, 15) is 0 Å². The summed E-state index contributed by atoms with van der Waals surface area (Å²) in [6.07, 6.45) is 4.68. The maximum absolute atomic E-state index is 6.00. The number of rotatable bonds is 6. The molecule has 4 heteroatoms. The Hall–Kier alpha value is -1.39. The summed E-state index contributed by atoms with van der Waals surface area (Å²) in [6, 6.07) is 7.98. The van der Waals surface area contributed by atoms with Crippen molar-refractivity contribution in [2.24, 2.45) is 0 Å². The van der Waals surface area contributed by atoms with Crippen LogP contribution in [-0.2, 0) is 6.54 Å². The molecule has 0 aliphatic heterocycles. The number of aryl methyl sites for hydroxylation is 1. The second-order valence-corrected chi connectivity index (χ2v) is 5.59. The van der Waals surface area contributed by atoms with Gasteiger partial charge in [-0.3, -0.25) is 4.98 Å². The van der Waals surface area contributed by atoms with Gasteiger partial charge in [-0.15, -0.1) is 0 Å². The van der Waals surface area contributed by atoms with Crippen molar-refractivity contribution in [3.05, 3.63) is 52.3 Å². The van der Waals surface area contributed by atoms with Crippen LogP contribution in [-0.4, -0.2) is 11.5 Å². The monoisotopic (exact) mass is 334 g/mol. The highest BCUT2D eigenvalue weighted by atomic mass is 79.9. The lowest BCUT2D eigenvalue weighted by Gasteiger charge is -2.13. The molecule has 1 aromatic heterocycles. The van der Waals surface area contributed by atoms with E-state index in [1.54, 1.807) is 12.4 Å². The molecule has 0 saturated carbocycles. The molecule has 0 saturated heterocycles. The van der Waals surface area contributed by atoms with Crippen molar-refractivity contribution in [3.63, 3.8) is 0 Å². The molecule has 0 bridgehead atoms. The van der Waals surface area contributed by atoms with Gasteiger partial charge in [0.05, 0.1) is 6.20 Å². The summed E-state index contributed by atoms with van der Waals surface area (Å²) in [6.45, 7) is 5.98. The van der Waals surface area contributed by atoms with Crippen molar-refractivity contribution >= 4 is 15.9 Å². The van der Waals surface area contributed by atoms with Crippen molar-refractivity contribution in [2.75, 3.05) is 6.54 Å². The Labute approximate surface area is 128 Å². The van der Waals surface area contributed by atoms with Gasteiger partial charge in [0.25, 0.3) is 0 Å². The Morgan fingerprint density at radius 3 is 2.85 bits per heavy atom. The highest BCUT2D eigenvalue weighted by Crippen LogP contribution is 2.29. The van der Waals surface area contributed by atoms with Crippen molar-refractivity contribution in [2.45, 2.75) is 26.8 Å². The zero-order valence-corrected chi connectivity index (χ0v) is 13.4. The molecule has 0 fully saturated rings. The Bertz CT molecular complexity index is 572. The third-order valence-electron chi connectivity index (χ3n) is 2.97. The van der Waals surface area contributed by atoms with Gasteiger partial charge < -0.3 is 10.1 Å². The molecule has 0 radical (unpaired) electrons. The van der Waals surface area contributed by atoms with Crippen molar-refractivity contribution < 1.29 is 4.74 Å². The minimum Gasteiger partial charge on any atom is -0.455 e. The minimum atomic E-state index is 0.793. The number of halogens is 1. The zero-order valence-electron chi connectivity index (χ0n) is 11.8. The van der Waals surface area contributed by atoms with Crippen LogP contribution in [0.3, 0.4) is 0 Å². The van der Waals surface area contributed by atoms with Crippen LogP contribution in [0.15, 0.2) is 41.1 Å². The minimum absolute atomic E-state index is 0.793. The first-order valence-corrected chi connectivity index (χ1v) is 7.57. The largest absolute Gasteiger partial charge is 0.455 e.